The third-order valence-corrected chi connectivity index (χ3v) is 2.48. The van der Waals surface area contributed by atoms with Crippen molar-refractivity contribution in [2.75, 3.05) is 19.3 Å². The zero-order valence-electron chi connectivity index (χ0n) is 8.68. The summed E-state index contributed by atoms with van der Waals surface area (Å²) in [6.45, 7) is 0.810. The van der Waals surface area contributed by atoms with Crippen molar-refractivity contribution in [1.82, 2.24) is 15.1 Å². The van der Waals surface area contributed by atoms with Gasteiger partial charge in [0.1, 0.15) is 5.82 Å². The summed E-state index contributed by atoms with van der Waals surface area (Å²) in [5, 5.41) is 7.42. The number of nitrogens with zero attached hydrogens (tertiary/aromatic N) is 3. The van der Waals surface area contributed by atoms with Crippen LogP contribution < -0.4 is 5.73 Å². The molecule has 15 heavy (non-hydrogen) atoms. The Morgan fingerprint density at radius 2 is 2.27 bits per heavy atom. The van der Waals surface area contributed by atoms with Gasteiger partial charge in [-0.15, -0.1) is 10.2 Å². The Hall–Kier alpha value is -1.65. The zero-order valence-corrected chi connectivity index (χ0v) is 8.68. The lowest BCUT2D eigenvalue weighted by atomic mass is 10.3. The SMILES string of the molecule is CN(CC1CC1)C(=O)c1ccc(N)nn1. The summed E-state index contributed by atoms with van der Waals surface area (Å²) in [6.07, 6.45) is 2.45. The highest BCUT2D eigenvalue weighted by Crippen LogP contribution is 2.29. The number of anilines is 1. The van der Waals surface area contributed by atoms with Gasteiger partial charge in [0.25, 0.3) is 5.91 Å². The number of carbonyl (C=O) groups excluding carboxylic acids is 1. The largest absolute Gasteiger partial charge is 0.382 e. The number of amides is 1. The highest BCUT2D eigenvalue weighted by Gasteiger charge is 2.25. The van der Waals surface area contributed by atoms with Gasteiger partial charge < -0.3 is 10.6 Å². The van der Waals surface area contributed by atoms with Gasteiger partial charge in [-0.2, -0.15) is 0 Å². The van der Waals surface area contributed by atoms with Crippen molar-refractivity contribution in [3.63, 3.8) is 0 Å². The Morgan fingerprint density at radius 3 is 2.80 bits per heavy atom. The Morgan fingerprint density at radius 1 is 1.53 bits per heavy atom. The molecule has 1 fully saturated rings. The number of hydrogen-bond acceptors (Lipinski definition) is 4. The van der Waals surface area contributed by atoms with E-state index in [4.69, 9.17) is 5.73 Å². The van der Waals surface area contributed by atoms with Gasteiger partial charge in [0.05, 0.1) is 0 Å². The van der Waals surface area contributed by atoms with Crippen molar-refractivity contribution in [1.29, 1.82) is 0 Å². The van der Waals surface area contributed by atoms with E-state index >= 15 is 0 Å². The first-order valence-corrected chi connectivity index (χ1v) is 5.01. The molecule has 1 aromatic rings. The van der Waals surface area contributed by atoms with Crippen LogP contribution in [0.3, 0.4) is 0 Å². The number of carbonyl (C=O) groups is 1. The molecule has 1 saturated carbocycles. The second-order valence-corrected chi connectivity index (χ2v) is 3.97. The van der Waals surface area contributed by atoms with Crippen LogP contribution in [-0.4, -0.2) is 34.6 Å². The molecular weight excluding hydrogens is 192 g/mol. The Balaban J connectivity index is 2.02. The third kappa shape index (κ3) is 2.43. The molecule has 0 spiro atoms. The molecule has 5 heteroatoms. The molecule has 0 saturated heterocycles. The minimum absolute atomic E-state index is 0.0885. The van der Waals surface area contributed by atoms with E-state index in [0.717, 1.165) is 6.54 Å². The van der Waals surface area contributed by atoms with Crippen LogP contribution in [0, 0.1) is 5.92 Å². The van der Waals surface area contributed by atoms with E-state index < -0.39 is 0 Å². The van der Waals surface area contributed by atoms with Gasteiger partial charge in [0, 0.05) is 13.6 Å². The fraction of sp³-hybridized carbons (Fsp3) is 0.500. The molecule has 1 aliphatic rings. The van der Waals surface area contributed by atoms with Crippen molar-refractivity contribution in [2.24, 2.45) is 5.92 Å². The number of hydrogen-bond donors (Lipinski definition) is 1. The van der Waals surface area contributed by atoms with E-state index in [1.165, 1.54) is 12.8 Å². The second-order valence-electron chi connectivity index (χ2n) is 3.97. The van der Waals surface area contributed by atoms with Gasteiger partial charge in [-0.1, -0.05) is 0 Å². The normalized spacial score (nSPS) is 15.0. The van der Waals surface area contributed by atoms with Crippen LogP contribution in [0.5, 0.6) is 0 Å². The molecule has 80 valence electrons. The molecule has 0 bridgehead atoms. The highest BCUT2D eigenvalue weighted by atomic mass is 16.2. The molecule has 1 amide bonds. The van der Waals surface area contributed by atoms with Crippen LogP contribution in [-0.2, 0) is 0 Å². The first-order valence-electron chi connectivity index (χ1n) is 5.01. The summed E-state index contributed by atoms with van der Waals surface area (Å²) in [7, 11) is 1.79. The minimum Gasteiger partial charge on any atom is -0.382 e. The summed E-state index contributed by atoms with van der Waals surface area (Å²) < 4.78 is 0. The third-order valence-electron chi connectivity index (χ3n) is 2.48. The second kappa shape index (κ2) is 3.84. The van der Waals surface area contributed by atoms with E-state index in [0.29, 0.717) is 17.4 Å². The molecule has 2 rings (SSSR count). The van der Waals surface area contributed by atoms with E-state index in [1.807, 2.05) is 0 Å². The topological polar surface area (TPSA) is 72.1 Å². The first kappa shape index (κ1) is 9.89. The van der Waals surface area contributed by atoms with E-state index in [2.05, 4.69) is 10.2 Å². The molecule has 0 unspecified atom stereocenters. The fourth-order valence-electron chi connectivity index (χ4n) is 1.42. The van der Waals surface area contributed by atoms with Crippen molar-refractivity contribution >= 4 is 11.7 Å². The molecule has 5 nitrogen and oxygen atoms in total. The summed E-state index contributed by atoms with van der Waals surface area (Å²) in [4.78, 5) is 13.5. The standard InChI is InChI=1S/C10H14N4O/c1-14(6-7-2-3-7)10(15)8-4-5-9(11)13-12-8/h4-5,7H,2-3,6H2,1H3,(H2,11,13). The van der Waals surface area contributed by atoms with E-state index in [-0.39, 0.29) is 5.91 Å². The lowest BCUT2D eigenvalue weighted by molar-refractivity contribution is 0.0782. The molecule has 0 atom stereocenters. The van der Waals surface area contributed by atoms with Crippen molar-refractivity contribution in [3.8, 4) is 0 Å². The maximum atomic E-state index is 11.8. The summed E-state index contributed by atoms with van der Waals surface area (Å²) in [5.74, 6) is 0.923. The summed E-state index contributed by atoms with van der Waals surface area (Å²) in [6, 6.07) is 3.19. The first-order chi connectivity index (χ1) is 7.16. The van der Waals surface area contributed by atoms with Crippen molar-refractivity contribution in [2.45, 2.75) is 12.8 Å². The van der Waals surface area contributed by atoms with Gasteiger partial charge in [-0.3, -0.25) is 4.79 Å². The predicted octanol–water partition coefficient (Wildman–Crippen LogP) is 0.541. The Labute approximate surface area is 88.3 Å². The molecule has 1 aliphatic carbocycles. The number of nitrogens with two attached hydrogens (primary N) is 1. The van der Waals surface area contributed by atoms with Crippen LogP contribution >= 0.6 is 0 Å². The van der Waals surface area contributed by atoms with E-state index in [9.17, 15) is 4.79 Å². The Bertz CT molecular complexity index is 358. The predicted molar refractivity (Wildman–Crippen MR) is 56.1 cm³/mol. The quantitative estimate of drug-likeness (QED) is 0.783. The molecule has 0 aromatic carbocycles. The van der Waals surface area contributed by atoms with Gasteiger partial charge in [0.15, 0.2) is 5.69 Å². The number of rotatable bonds is 3. The monoisotopic (exact) mass is 206 g/mol. The van der Waals surface area contributed by atoms with Crippen molar-refractivity contribution < 1.29 is 4.79 Å². The maximum Gasteiger partial charge on any atom is 0.274 e. The molecular formula is C10H14N4O. The molecule has 1 heterocycles. The van der Waals surface area contributed by atoms with Crippen LogP contribution in [0.25, 0.3) is 0 Å². The van der Waals surface area contributed by atoms with Crippen LogP contribution in [0.15, 0.2) is 12.1 Å². The average molecular weight is 206 g/mol. The summed E-state index contributed by atoms with van der Waals surface area (Å²) >= 11 is 0. The lowest BCUT2D eigenvalue weighted by Gasteiger charge is -2.15. The smallest absolute Gasteiger partial charge is 0.274 e. The molecule has 1 aromatic heterocycles. The van der Waals surface area contributed by atoms with Gasteiger partial charge in [0.2, 0.25) is 0 Å². The fourth-order valence-corrected chi connectivity index (χ4v) is 1.42. The lowest BCUT2D eigenvalue weighted by Crippen LogP contribution is -2.29. The molecule has 0 aliphatic heterocycles. The number of aromatic nitrogens is 2. The Kier molecular flexibility index (Phi) is 2.53. The van der Waals surface area contributed by atoms with Crippen LogP contribution in [0.1, 0.15) is 23.3 Å². The van der Waals surface area contributed by atoms with Gasteiger partial charge in [-0.05, 0) is 30.9 Å². The van der Waals surface area contributed by atoms with E-state index in [1.54, 1.807) is 24.1 Å². The average Bonchev–Trinajstić information content (AvgIpc) is 3.02. The van der Waals surface area contributed by atoms with Crippen molar-refractivity contribution in [3.05, 3.63) is 17.8 Å². The zero-order chi connectivity index (χ0) is 10.8. The molecule has 2 N–H and O–H groups in total. The van der Waals surface area contributed by atoms with Gasteiger partial charge in [-0.25, -0.2) is 0 Å². The number of nitrogen functional groups attached to an aromatic ring is 1. The summed E-state index contributed by atoms with van der Waals surface area (Å²) in [5.41, 5.74) is 5.75. The van der Waals surface area contributed by atoms with Gasteiger partial charge >= 0.3 is 0 Å². The maximum absolute atomic E-state index is 11.8. The molecule has 0 radical (unpaired) electrons. The van der Waals surface area contributed by atoms with Crippen LogP contribution in [0.2, 0.25) is 0 Å². The highest BCUT2D eigenvalue weighted by molar-refractivity contribution is 5.92. The van der Waals surface area contributed by atoms with Crippen LogP contribution in [0.4, 0.5) is 5.82 Å². The minimum atomic E-state index is -0.0885.